The number of rotatable bonds is 3. The number of piperidine rings is 1. The van der Waals surface area contributed by atoms with Gasteiger partial charge in [-0.3, -0.25) is 4.79 Å². The van der Waals surface area contributed by atoms with Crippen LogP contribution >= 0.6 is 0 Å². The summed E-state index contributed by atoms with van der Waals surface area (Å²) in [5.41, 5.74) is 3.56. The van der Waals surface area contributed by atoms with Gasteiger partial charge in [-0.15, -0.1) is 0 Å². The second-order valence-electron chi connectivity index (χ2n) is 9.23. The third-order valence-corrected chi connectivity index (χ3v) is 7.11. The summed E-state index contributed by atoms with van der Waals surface area (Å²) < 4.78 is 5.03. The van der Waals surface area contributed by atoms with Crippen molar-refractivity contribution in [3.63, 3.8) is 0 Å². The molecule has 2 aromatic rings. The number of carbonyl (C=O) groups excluding carboxylic acids is 2. The molecule has 5 rings (SSSR count). The van der Waals surface area contributed by atoms with Crippen LogP contribution in [0.5, 0.6) is 0 Å². The Labute approximate surface area is 177 Å². The van der Waals surface area contributed by atoms with Crippen molar-refractivity contribution in [2.24, 2.45) is 11.8 Å². The summed E-state index contributed by atoms with van der Waals surface area (Å²) in [4.78, 5) is 26.4. The topological polar surface area (TPSA) is 58.6 Å². The molecule has 5 nitrogen and oxygen atoms in total. The molecule has 30 heavy (non-hydrogen) atoms. The zero-order valence-corrected chi connectivity index (χ0v) is 17.3. The van der Waals surface area contributed by atoms with Crippen LogP contribution in [-0.4, -0.2) is 42.1 Å². The summed E-state index contributed by atoms with van der Waals surface area (Å²) in [6, 6.07) is 19.3. The molecule has 0 unspecified atom stereocenters. The lowest BCUT2D eigenvalue weighted by Gasteiger charge is -2.46. The molecule has 0 radical (unpaired) electrons. The SMILES string of the molecule is C[C@@H]1CN(C(=O)[C@H]2C[C@]3(COC(=O)N3)C2)CC[C@@H]1c1cccc(-c2ccccc2)c1. The van der Waals surface area contributed by atoms with Crippen molar-refractivity contribution in [3.05, 3.63) is 60.2 Å². The first-order chi connectivity index (χ1) is 14.5. The Morgan fingerprint density at radius 3 is 2.57 bits per heavy atom. The van der Waals surface area contributed by atoms with Gasteiger partial charge in [-0.1, -0.05) is 61.5 Å². The fourth-order valence-corrected chi connectivity index (χ4v) is 5.45. The smallest absolute Gasteiger partial charge is 0.407 e. The van der Waals surface area contributed by atoms with Gasteiger partial charge >= 0.3 is 6.09 Å². The maximum absolute atomic E-state index is 13.0. The predicted molar refractivity (Wildman–Crippen MR) is 115 cm³/mol. The molecule has 0 bridgehead atoms. The number of alkyl carbamates (subject to hydrolysis) is 1. The first kappa shape index (κ1) is 19.2. The third kappa shape index (κ3) is 3.47. The Morgan fingerprint density at radius 2 is 1.87 bits per heavy atom. The normalized spacial score (nSPS) is 30.5. The second kappa shape index (κ2) is 7.46. The van der Waals surface area contributed by atoms with Crippen LogP contribution in [0.1, 0.15) is 37.7 Å². The molecule has 2 saturated heterocycles. The number of hydrogen-bond acceptors (Lipinski definition) is 3. The Kier molecular flexibility index (Phi) is 4.76. The average molecular weight is 405 g/mol. The van der Waals surface area contributed by atoms with E-state index >= 15 is 0 Å². The van der Waals surface area contributed by atoms with Crippen LogP contribution < -0.4 is 5.32 Å². The average Bonchev–Trinajstić information content (AvgIpc) is 3.15. The lowest BCUT2D eigenvalue weighted by Crippen LogP contribution is -2.59. The summed E-state index contributed by atoms with van der Waals surface area (Å²) in [6.07, 6.45) is 2.03. The summed E-state index contributed by atoms with van der Waals surface area (Å²) in [5.74, 6) is 1.13. The van der Waals surface area contributed by atoms with E-state index in [0.29, 0.717) is 31.3 Å². The molecule has 2 aromatic carbocycles. The minimum absolute atomic E-state index is 0.0113. The molecule has 2 atom stereocenters. The molecule has 1 N–H and O–H groups in total. The van der Waals surface area contributed by atoms with Crippen LogP contribution in [0.4, 0.5) is 4.79 Å². The number of hydrogen-bond donors (Lipinski definition) is 1. The second-order valence-corrected chi connectivity index (χ2v) is 9.23. The molecule has 1 aliphatic carbocycles. The molecule has 5 heteroatoms. The minimum Gasteiger partial charge on any atom is -0.447 e. The van der Waals surface area contributed by atoms with Crippen molar-refractivity contribution in [1.82, 2.24) is 10.2 Å². The van der Waals surface area contributed by atoms with Crippen molar-refractivity contribution < 1.29 is 14.3 Å². The first-order valence-electron chi connectivity index (χ1n) is 10.9. The number of likely N-dealkylation sites (tertiary alicyclic amines) is 1. The molecular formula is C25H28N2O3. The van der Waals surface area contributed by atoms with Crippen LogP contribution in [0.15, 0.2) is 54.6 Å². The zero-order valence-electron chi connectivity index (χ0n) is 17.3. The molecule has 2 heterocycles. The van der Waals surface area contributed by atoms with Crippen LogP contribution in [0.3, 0.4) is 0 Å². The molecule has 0 aromatic heterocycles. The quantitative estimate of drug-likeness (QED) is 0.834. The van der Waals surface area contributed by atoms with Crippen LogP contribution in [0.2, 0.25) is 0 Å². The maximum atomic E-state index is 13.0. The van der Waals surface area contributed by atoms with Crippen LogP contribution in [0.25, 0.3) is 11.1 Å². The van der Waals surface area contributed by atoms with E-state index in [2.05, 4.69) is 60.8 Å². The third-order valence-electron chi connectivity index (χ3n) is 7.11. The molecule has 156 valence electrons. The fourth-order valence-electron chi connectivity index (χ4n) is 5.45. The Hall–Kier alpha value is -2.82. The van der Waals surface area contributed by atoms with E-state index in [1.165, 1.54) is 16.7 Å². The van der Waals surface area contributed by atoms with Gasteiger partial charge in [0.2, 0.25) is 5.91 Å². The van der Waals surface area contributed by atoms with Gasteiger partial charge in [0.05, 0.1) is 5.54 Å². The van der Waals surface area contributed by atoms with Gasteiger partial charge in [-0.2, -0.15) is 0 Å². The highest BCUT2D eigenvalue weighted by atomic mass is 16.6. The largest absolute Gasteiger partial charge is 0.447 e. The number of benzene rings is 2. The lowest BCUT2D eigenvalue weighted by atomic mass is 9.68. The maximum Gasteiger partial charge on any atom is 0.407 e. The Balaban J connectivity index is 1.22. The lowest BCUT2D eigenvalue weighted by molar-refractivity contribution is -0.143. The summed E-state index contributed by atoms with van der Waals surface area (Å²) in [7, 11) is 0. The van der Waals surface area contributed by atoms with E-state index in [9.17, 15) is 9.59 Å². The molecule has 2 aliphatic heterocycles. The van der Waals surface area contributed by atoms with Crippen molar-refractivity contribution in [2.75, 3.05) is 19.7 Å². The van der Waals surface area contributed by atoms with Crippen LogP contribution in [0, 0.1) is 11.8 Å². The molecule has 1 spiro atoms. The van der Waals surface area contributed by atoms with E-state index in [1.54, 1.807) is 0 Å². The van der Waals surface area contributed by atoms with E-state index in [1.807, 2.05) is 11.0 Å². The van der Waals surface area contributed by atoms with Gasteiger partial charge in [0.15, 0.2) is 0 Å². The van der Waals surface area contributed by atoms with E-state index in [0.717, 1.165) is 19.5 Å². The number of amides is 2. The van der Waals surface area contributed by atoms with Gasteiger partial charge in [0, 0.05) is 19.0 Å². The number of cyclic esters (lactones) is 1. The van der Waals surface area contributed by atoms with Crippen molar-refractivity contribution >= 4 is 12.0 Å². The fraction of sp³-hybridized carbons (Fsp3) is 0.440. The standard InChI is InChI=1S/C25H28N2O3/c1-17-15-27(23(28)21-13-25(14-21)16-30-24(29)26-25)11-10-22(17)20-9-5-8-19(12-20)18-6-3-2-4-7-18/h2-9,12,17,21-22H,10-11,13-16H2,1H3,(H,26,29)/t17-,21-,22+,25+/m1/s1. The van der Waals surface area contributed by atoms with Crippen LogP contribution in [-0.2, 0) is 9.53 Å². The minimum atomic E-state index is -0.354. The highest BCUT2D eigenvalue weighted by molar-refractivity contribution is 5.81. The molecule has 2 amide bonds. The Morgan fingerprint density at radius 1 is 1.10 bits per heavy atom. The van der Waals surface area contributed by atoms with Gasteiger partial charge in [-0.25, -0.2) is 4.79 Å². The van der Waals surface area contributed by atoms with Gasteiger partial charge in [-0.05, 0) is 47.8 Å². The van der Waals surface area contributed by atoms with Gasteiger partial charge in [0.1, 0.15) is 6.61 Å². The molecular weight excluding hydrogens is 376 g/mol. The highest BCUT2D eigenvalue weighted by Crippen LogP contribution is 2.43. The van der Waals surface area contributed by atoms with E-state index < -0.39 is 0 Å². The van der Waals surface area contributed by atoms with Gasteiger partial charge < -0.3 is 15.0 Å². The van der Waals surface area contributed by atoms with E-state index in [-0.39, 0.29) is 23.5 Å². The van der Waals surface area contributed by atoms with E-state index in [4.69, 9.17) is 4.74 Å². The highest BCUT2D eigenvalue weighted by Gasteiger charge is 2.53. The van der Waals surface area contributed by atoms with Crippen molar-refractivity contribution in [3.8, 4) is 11.1 Å². The number of ether oxygens (including phenoxy) is 1. The molecule has 3 fully saturated rings. The monoisotopic (exact) mass is 404 g/mol. The van der Waals surface area contributed by atoms with Gasteiger partial charge in [0.25, 0.3) is 0 Å². The van der Waals surface area contributed by atoms with Crippen molar-refractivity contribution in [1.29, 1.82) is 0 Å². The molecule has 1 saturated carbocycles. The summed E-state index contributed by atoms with van der Waals surface area (Å²) in [5, 5.41) is 2.88. The first-order valence-corrected chi connectivity index (χ1v) is 10.9. The Bertz CT molecular complexity index is 952. The number of nitrogens with zero attached hydrogens (tertiary/aromatic N) is 1. The molecule has 3 aliphatic rings. The zero-order chi connectivity index (χ0) is 20.7. The van der Waals surface area contributed by atoms with Crippen molar-refractivity contribution in [2.45, 2.75) is 37.6 Å². The number of carbonyl (C=O) groups is 2. The number of nitrogens with one attached hydrogen (secondary N) is 1. The predicted octanol–water partition coefficient (Wildman–Crippen LogP) is 4.19. The summed E-state index contributed by atoms with van der Waals surface area (Å²) in [6.45, 7) is 4.25. The summed E-state index contributed by atoms with van der Waals surface area (Å²) >= 11 is 0.